The lowest BCUT2D eigenvalue weighted by Gasteiger charge is -1.95. The van der Waals surface area contributed by atoms with E-state index in [1.807, 2.05) is 38.1 Å². The van der Waals surface area contributed by atoms with Crippen molar-refractivity contribution < 1.29 is 0 Å². The summed E-state index contributed by atoms with van der Waals surface area (Å²) in [6.45, 7) is 15.1. The molecule has 0 bridgehead atoms. The topological polar surface area (TPSA) is 24.7 Å². The van der Waals surface area contributed by atoms with E-state index in [4.69, 9.17) is 0 Å². The van der Waals surface area contributed by atoms with Crippen molar-refractivity contribution in [1.82, 2.24) is 0 Å². The molecule has 2 nitrogen and oxygen atoms in total. The van der Waals surface area contributed by atoms with Gasteiger partial charge < -0.3 is 0 Å². The molecule has 0 unspecified atom stereocenters. The van der Waals surface area contributed by atoms with Crippen LogP contribution in [0.5, 0.6) is 0 Å². The molecule has 15 heavy (non-hydrogen) atoms. The third kappa shape index (κ3) is 7.62. The Balaban J connectivity index is 0. The highest BCUT2D eigenvalue weighted by atomic mass is 14.8. The highest BCUT2D eigenvalue weighted by Crippen LogP contribution is 2.25. The molecule has 1 aromatic carbocycles. The molecule has 0 aliphatic carbocycles. The summed E-state index contributed by atoms with van der Waals surface area (Å²) in [4.78, 5) is 7.52. The second kappa shape index (κ2) is 12.6. The fourth-order valence-electron chi connectivity index (χ4n) is 0.732. The van der Waals surface area contributed by atoms with Crippen LogP contribution < -0.4 is 0 Å². The Morgan fingerprint density at radius 3 is 1.40 bits per heavy atom. The van der Waals surface area contributed by atoms with E-state index in [2.05, 4.69) is 37.3 Å². The summed E-state index contributed by atoms with van der Waals surface area (Å²) in [6.07, 6.45) is 1.25. The summed E-state index contributed by atoms with van der Waals surface area (Å²) in [5.74, 6) is 0. The zero-order chi connectivity index (χ0) is 12.1. The molecule has 0 amide bonds. The minimum absolute atomic E-state index is 0.775. The first-order valence-electron chi connectivity index (χ1n) is 5.32. The van der Waals surface area contributed by atoms with E-state index in [0.29, 0.717) is 0 Å². The van der Waals surface area contributed by atoms with Crippen LogP contribution in [0.4, 0.5) is 11.4 Å². The van der Waals surface area contributed by atoms with E-state index >= 15 is 0 Å². The fraction of sp³-hybridized carbons (Fsp3) is 0.385. The van der Waals surface area contributed by atoms with Crippen molar-refractivity contribution in [1.29, 1.82) is 0 Å². The van der Waals surface area contributed by atoms with E-state index in [9.17, 15) is 0 Å². The van der Waals surface area contributed by atoms with Gasteiger partial charge in [0, 0.05) is 0 Å². The number of hydrogen-bond donors (Lipinski definition) is 0. The van der Waals surface area contributed by atoms with Crippen LogP contribution in [0, 0.1) is 0 Å². The molecule has 0 atom stereocenters. The van der Waals surface area contributed by atoms with Gasteiger partial charge in [0.1, 0.15) is 0 Å². The van der Waals surface area contributed by atoms with Crippen LogP contribution in [-0.4, -0.2) is 13.4 Å². The summed E-state index contributed by atoms with van der Waals surface area (Å²) < 4.78 is 0. The van der Waals surface area contributed by atoms with Gasteiger partial charge >= 0.3 is 0 Å². The van der Waals surface area contributed by atoms with Crippen molar-refractivity contribution in [3.63, 3.8) is 0 Å². The summed E-state index contributed by atoms with van der Waals surface area (Å²) >= 11 is 0. The highest BCUT2D eigenvalue weighted by molar-refractivity contribution is 5.66. The molecule has 0 saturated carbocycles. The third-order valence-electron chi connectivity index (χ3n) is 1.22. The van der Waals surface area contributed by atoms with Crippen molar-refractivity contribution in [2.24, 2.45) is 9.98 Å². The summed E-state index contributed by atoms with van der Waals surface area (Å²) in [7, 11) is 0. The maximum atomic E-state index is 3.76. The average Bonchev–Trinajstić information content (AvgIpc) is 2.32. The SMILES string of the molecule is C=Nc1ccccc1N=C.CC.CCC. The number of rotatable bonds is 2. The molecule has 2 heteroatoms. The molecular weight excluding hydrogens is 184 g/mol. The number of benzene rings is 1. The van der Waals surface area contributed by atoms with Gasteiger partial charge in [-0.2, -0.15) is 0 Å². The van der Waals surface area contributed by atoms with Gasteiger partial charge in [0.05, 0.1) is 11.4 Å². The van der Waals surface area contributed by atoms with Crippen LogP contribution in [0.25, 0.3) is 0 Å². The maximum absolute atomic E-state index is 3.76. The first-order valence-corrected chi connectivity index (χ1v) is 5.32. The van der Waals surface area contributed by atoms with Crippen LogP contribution in [0.15, 0.2) is 34.3 Å². The van der Waals surface area contributed by atoms with Gasteiger partial charge in [-0.1, -0.05) is 46.2 Å². The lowest BCUT2D eigenvalue weighted by Crippen LogP contribution is -1.64. The number of hydrogen-bond acceptors (Lipinski definition) is 2. The molecule has 1 aromatic rings. The molecule has 0 radical (unpaired) electrons. The van der Waals surface area contributed by atoms with Gasteiger partial charge in [-0.15, -0.1) is 0 Å². The smallest absolute Gasteiger partial charge is 0.0878 e. The van der Waals surface area contributed by atoms with Crippen molar-refractivity contribution in [2.75, 3.05) is 0 Å². The second-order valence-corrected chi connectivity index (χ2v) is 2.51. The molecule has 0 spiro atoms. The zero-order valence-electron chi connectivity index (χ0n) is 10.3. The van der Waals surface area contributed by atoms with E-state index in [-0.39, 0.29) is 0 Å². The van der Waals surface area contributed by atoms with E-state index < -0.39 is 0 Å². The molecule has 0 fully saturated rings. The van der Waals surface area contributed by atoms with Crippen molar-refractivity contribution in [2.45, 2.75) is 34.1 Å². The lowest BCUT2D eigenvalue weighted by atomic mass is 10.3. The second-order valence-electron chi connectivity index (χ2n) is 2.51. The van der Waals surface area contributed by atoms with Crippen molar-refractivity contribution >= 4 is 24.8 Å². The van der Waals surface area contributed by atoms with Gasteiger partial charge in [-0.3, -0.25) is 9.98 Å². The predicted molar refractivity (Wildman–Crippen MR) is 72.2 cm³/mol. The lowest BCUT2D eigenvalue weighted by molar-refractivity contribution is 1.09. The normalized spacial score (nSPS) is 7.47. The van der Waals surface area contributed by atoms with Crippen molar-refractivity contribution in [3.8, 4) is 0 Å². The van der Waals surface area contributed by atoms with Crippen LogP contribution in [0.3, 0.4) is 0 Å². The van der Waals surface area contributed by atoms with Crippen LogP contribution >= 0.6 is 0 Å². The van der Waals surface area contributed by atoms with Gasteiger partial charge in [0.2, 0.25) is 0 Å². The first kappa shape index (κ1) is 16.0. The number of aliphatic imine (C=N–C) groups is 2. The summed E-state index contributed by atoms with van der Waals surface area (Å²) in [5, 5.41) is 0. The van der Waals surface area contributed by atoms with E-state index in [0.717, 1.165) is 11.4 Å². The minimum atomic E-state index is 0.775. The Morgan fingerprint density at radius 1 is 0.933 bits per heavy atom. The van der Waals surface area contributed by atoms with Gasteiger partial charge in [0.15, 0.2) is 0 Å². The number of nitrogens with zero attached hydrogens (tertiary/aromatic N) is 2. The predicted octanol–water partition coefficient (Wildman–Crippen LogP) is 4.79. The summed E-state index contributed by atoms with van der Waals surface area (Å²) in [5.41, 5.74) is 1.55. The van der Waals surface area contributed by atoms with Crippen LogP contribution in [0.2, 0.25) is 0 Å². The minimum Gasteiger partial charge on any atom is -0.262 e. The average molecular weight is 206 g/mol. The largest absolute Gasteiger partial charge is 0.262 e. The molecule has 84 valence electrons. The third-order valence-corrected chi connectivity index (χ3v) is 1.22. The molecule has 0 aliphatic rings. The Bertz CT molecular complexity index is 240. The van der Waals surface area contributed by atoms with Gasteiger partial charge in [-0.05, 0) is 25.6 Å². The van der Waals surface area contributed by atoms with E-state index in [1.165, 1.54) is 6.42 Å². The summed E-state index contributed by atoms with van der Waals surface area (Å²) in [6, 6.07) is 7.46. The van der Waals surface area contributed by atoms with Crippen molar-refractivity contribution in [3.05, 3.63) is 24.3 Å². The Morgan fingerprint density at radius 2 is 1.20 bits per heavy atom. The quantitative estimate of drug-likeness (QED) is 0.621. The molecule has 1 rings (SSSR count). The molecule has 0 N–H and O–H groups in total. The molecule has 0 saturated heterocycles. The van der Waals surface area contributed by atoms with Crippen LogP contribution in [0.1, 0.15) is 34.1 Å². The fourth-order valence-corrected chi connectivity index (χ4v) is 0.732. The molecule has 0 aliphatic heterocycles. The monoisotopic (exact) mass is 206 g/mol. The Labute approximate surface area is 93.8 Å². The van der Waals surface area contributed by atoms with Crippen LogP contribution in [-0.2, 0) is 0 Å². The van der Waals surface area contributed by atoms with E-state index in [1.54, 1.807) is 0 Å². The highest BCUT2D eigenvalue weighted by Gasteiger charge is 1.92. The molecular formula is C13H22N2. The van der Waals surface area contributed by atoms with Gasteiger partial charge in [-0.25, -0.2) is 0 Å². The maximum Gasteiger partial charge on any atom is 0.0878 e. The molecule has 0 aromatic heterocycles. The zero-order valence-corrected chi connectivity index (χ0v) is 10.3. The molecule has 0 heterocycles. The van der Waals surface area contributed by atoms with Gasteiger partial charge in [0.25, 0.3) is 0 Å². The first-order chi connectivity index (χ1) is 7.29. The standard InChI is InChI=1S/C8H8N2.C3H8.C2H6/c1-9-7-5-3-4-6-8(7)10-2;1-3-2;1-2/h3-6H,1-2H2;3H2,1-2H3;1-2H3. The number of para-hydroxylation sites is 2. The Hall–Kier alpha value is -1.44. The Kier molecular flexibility index (Phi) is 13.4.